The van der Waals surface area contributed by atoms with Crippen LogP contribution in [0.15, 0.2) is 54.6 Å². The van der Waals surface area contributed by atoms with Crippen molar-refractivity contribution in [2.75, 3.05) is 13.2 Å². The summed E-state index contributed by atoms with van der Waals surface area (Å²) in [7, 11) is -5.84. The number of rotatable bonds is 7. The molecule has 0 spiro atoms. The second kappa shape index (κ2) is 7.26. The van der Waals surface area contributed by atoms with E-state index in [0.717, 1.165) is 10.8 Å². The quantitative estimate of drug-likeness (QED) is 0.321. The molecule has 0 radical (unpaired) electrons. The average Bonchev–Trinajstić information content (AvgIpc) is 2.53. The normalized spacial score (nSPS) is 12.1. The maximum absolute atomic E-state index is 12.9. The van der Waals surface area contributed by atoms with E-state index in [9.17, 15) is 26.5 Å². The summed E-state index contributed by atoms with van der Waals surface area (Å²) in [4.78, 5) is 11.8. The number of halogens is 2. The van der Waals surface area contributed by atoms with Gasteiger partial charge in [-0.1, -0.05) is 36.9 Å². The maximum atomic E-state index is 12.9. The third-order valence-corrected chi connectivity index (χ3v) is 3.98. The Balaban J connectivity index is 1.92. The van der Waals surface area contributed by atoms with Crippen LogP contribution in [0.1, 0.15) is 0 Å². The van der Waals surface area contributed by atoms with Gasteiger partial charge in [-0.05, 0) is 22.9 Å². The Hall–Kier alpha value is -2.36. The molecule has 0 amide bonds. The van der Waals surface area contributed by atoms with Gasteiger partial charge in [0.1, 0.15) is 12.4 Å². The third kappa shape index (κ3) is 4.81. The number of ether oxygens (including phenoxy) is 2. The van der Waals surface area contributed by atoms with Gasteiger partial charge in [0.15, 0.2) is 10.1 Å². The molecule has 0 N–H and O–H groups in total. The molecule has 6 nitrogen and oxygen atoms in total. The minimum absolute atomic E-state index is 0.220. The molecular formula is C16H13F2O6S-. The number of alkyl halides is 2. The van der Waals surface area contributed by atoms with Crippen molar-refractivity contribution in [2.24, 2.45) is 0 Å². The van der Waals surface area contributed by atoms with Crippen LogP contribution in [0.3, 0.4) is 0 Å². The summed E-state index contributed by atoms with van der Waals surface area (Å²) < 4.78 is 66.2. The van der Waals surface area contributed by atoms with Crippen molar-refractivity contribution >= 4 is 26.9 Å². The molecule has 0 aliphatic heterocycles. The Kier molecular flexibility index (Phi) is 5.51. The van der Waals surface area contributed by atoms with Crippen LogP contribution in [0.5, 0.6) is 5.75 Å². The molecule has 0 aliphatic carbocycles. The minimum atomic E-state index is -5.84. The lowest BCUT2D eigenvalue weighted by molar-refractivity contribution is -0.131. The van der Waals surface area contributed by atoms with E-state index in [4.69, 9.17) is 4.74 Å². The number of benzene rings is 2. The molecule has 0 saturated carbocycles. The van der Waals surface area contributed by atoms with Crippen molar-refractivity contribution in [2.45, 2.75) is 5.25 Å². The Morgan fingerprint density at radius 2 is 1.80 bits per heavy atom. The molecule has 0 heterocycles. The van der Waals surface area contributed by atoms with Crippen LogP contribution < -0.4 is 4.74 Å². The first kappa shape index (κ1) is 19.0. The van der Waals surface area contributed by atoms with Gasteiger partial charge in [-0.25, -0.2) is 13.2 Å². The fourth-order valence-electron chi connectivity index (χ4n) is 1.83. The summed E-state index contributed by atoms with van der Waals surface area (Å²) in [6.07, 6.45) is 0. The molecule has 0 fully saturated rings. The van der Waals surface area contributed by atoms with Gasteiger partial charge in [0.05, 0.1) is 12.2 Å². The summed E-state index contributed by atoms with van der Waals surface area (Å²) in [6.45, 7) is 0.933. The highest BCUT2D eigenvalue weighted by molar-refractivity contribution is 7.86. The van der Waals surface area contributed by atoms with Gasteiger partial charge < -0.3 is 14.0 Å². The number of esters is 1. The van der Waals surface area contributed by atoms with Crippen LogP contribution in [0.4, 0.5) is 8.78 Å². The molecule has 2 aromatic rings. The second-order valence-corrected chi connectivity index (χ2v) is 6.59. The van der Waals surface area contributed by atoms with Crippen LogP contribution in [0.25, 0.3) is 10.8 Å². The summed E-state index contributed by atoms with van der Waals surface area (Å²) in [5.41, 5.74) is -0.313. The van der Waals surface area contributed by atoms with Crippen molar-refractivity contribution in [3.63, 3.8) is 0 Å². The van der Waals surface area contributed by atoms with Gasteiger partial charge in [-0.3, -0.25) is 0 Å². The number of hydrogen-bond donors (Lipinski definition) is 0. The number of fused-ring (bicyclic) bond motifs is 1. The summed E-state index contributed by atoms with van der Waals surface area (Å²) >= 11 is 0. The van der Waals surface area contributed by atoms with Crippen LogP contribution in [-0.4, -0.2) is 37.4 Å². The van der Waals surface area contributed by atoms with Crippen LogP contribution in [-0.2, 0) is 19.6 Å². The molecule has 0 unspecified atom stereocenters. The molecule has 2 aromatic carbocycles. The van der Waals surface area contributed by atoms with E-state index in [0.29, 0.717) is 0 Å². The fraction of sp³-hybridized carbons (Fsp3) is 0.188. The van der Waals surface area contributed by atoms with Crippen molar-refractivity contribution in [1.82, 2.24) is 0 Å². The number of carbonyl (C=O) groups excluding carboxylic acids is 1. The van der Waals surface area contributed by atoms with E-state index in [1.54, 1.807) is 18.2 Å². The second-order valence-electron chi connectivity index (χ2n) is 5.09. The van der Waals surface area contributed by atoms with Crippen molar-refractivity contribution in [3.8, 4) is 5.75 Å². The molecule has 134 valence electrons. The zero-order valence-corrected chi connectivity index (χ0v) is 13.6. The van der Waals surface area contributed by atoms with Gasteiger partial charge in [0, 0.05) is 0 Å². The summed E-state index contributed by atoms with van der Waals surface area (Å²) in [5, 5.41) is -2.82. The molecule has 25 heavy (non-hydrogen) atoms. The molecular weight excluding hydrogens is 358 g/mol. The highest BCUT2D eigenvalue weighted by Gasteiger charge is 2.38. The van der Waals surface area contributed by atoms with Crippen LogP contribution >= 0.6 is 0 Å². The molecule has 0 aliphatic rings. The molecule has 0 saturated heterocycles. The van der Waals surface area contributed by atoms with E-state index in [1.165, 1.54) is 0 Å². The smallest absolute Gasteiger partial charge is 0.357 e. The average molecular weight is 371 g/mol. The third-order valence-electron chi connectivity index (χ3n) is 3.13. The molecule has 0 bridgehead atoms. The van der Waals surface area contributed by atoms with E-state index in [1.807, 2.05) is 24.3 Å². The van der Waals surface area contributed by atoms with Crippen LogP contribution in [0.2, 0.25) is 0 Å². The standard InChI is InChI=1S/C16H14F2O6S/c1-11(9-23-10-16(17,18)25(20,21)22)15(19)24-14-7-6-12-4-2-3-5-13(12)8-14/h2-8H,1,9-10H2,(H,20,21,22)/p-1. The number of carbonyl (C=O) groups is 1. The molecule has 9 heteroatoms. The Morgan fingerprint density at radius 3 is 2.44 bits per heavy atom. The Labute approximate surface area is 142 Å². The minimum Gasteiger partial charge on any atom is -0.743 e. The van der Waals surface area contributed by atoms with E-state index in [2.05, 4.69) is 11.3 Å². The monoisotopic (exact) mass is 371 g/mol. The molecule has 2 rings (SSSR count). The lowest BCUT2D eigenvalue weighted by atomic mass is 10.1. The van der Waals surface area contributed by atoms with Crippen LogP contribution in [0, 0.1) is 0 Å². The van der Waals surface area contributed by atoms with Gasteiger partial charge in [0.25, 0.3) is 0 Å². The van der Waals surface area contributed by atoms with Gasteiger partial charge in [-0.15, -0.1) is 0 Å². The Morgan fingerprint density at radius 1 is 1.16 bits per heavy atom. The topological polar surface area (TPSA) is 92.7 Å². The first-order chi connectivity index (χ1) is 11.6. The van der Waals surface area contributed by atoms with E-state index < -0.39 is 34.6 Å². The largest absolute Gasteiger partial charge is 0.743 e. The van der Waals surface area contributed by atoms with Crippen molar-refractivity contribution in [1.29, 1.82) is 0 Å². The summed E-state index contributed by atoms with van der Waals surface area (Å²) in [6, 6.07) is 12.2. The lowest BCUT2D eigenvalue weighted by Crippen LogP contribution is -2.34. The first-order valence-electron chi connectivity index (χ1n) is 6.90. The van der Waals surface area contributed by atoms with Gasteiger partial charge in [0.2, 0.25) is 0 Å². The van der Waals surface area contributed by atoms with Gasteiger partial charge in [-0.2, -0.15) is 8.78 Å². The van der Waals surface area contributed by atoms with E-state index >= 15 is 0 Å². The molecule has 0 atom stereocenters. The molecule has 0 aromatic heterocycles. The predicted octanol–water partition coefficient (Wildman–Crippen LogP) is 2.46. The zero-order chi connectivity index (χ0) is 18.7. The zero-order valence-electron chi connectivity index (χ0n) is 12.8. The van der Waals surface area contributed by atoms with E-state index in [-0.39, 0.29) is 11.3 Å². The van der Waals surface area contributed by atoms with Gasteiger partial charge >= 0.3 is 11.2 Å². The number of hydrogen-bond acceptors (Lipinski definition) is 6. The van der Waals surface area contributed by atoms with Crippen molar-refractivity contribution in [3.05, 3.63) is 54.6 Å². The maximum Gasteiger partial charge on any atom is 0.357 e. The summed E-state index contributed by atoms with van der Waals surface area (Å²) in [5.74, 6) is -0.708. The SMILES string of the molecule is C=C(COCC(F)(F)S(=O)(=O)[O-])C(=O)Oc1ccc2ccccc2c1. The first-order valence-corrected chi connectivity index (χ1v) is 8.31. The van der Waals surface area contributed by atoms with Crippen molar-refractivity contribution < 1.29 is 36.0 Å². The predicted molar refractivity (Wildman–Crippen MR) is 84.2 cm³/mol. The lowest BCUT2D eigenvalue weighted by Gasteiger charge is -2.19. The highest BCUT2D eigenvalue weighted by atomic mass is 32.2. The fourth-order valence-corrected chi connectivity index (χ4v) is 2.06. The highest BCUT2D eigenvalue weighted by Crippen LogP contribution is 2.22. The Bertz CT molecular complexity index is 908.